The Morgan fingerprint density at radius 2 is 1.62 bits per heavy atom. The first kappa shape index (κ1) is 21.5. The first-order valence-electron chi connectivity index (χ1n) is 9.38. The van der Waals surface area contributed by atoms with Crippen molar-refractivity contribution in [1.82, 2.24) is 9.97 Å². The Morgan fingerprint density at radius 3 is 2.28 bits per heavy atom. The number of rotatable bonds is 8. The lowest BCUT2D eigenvalue weighted by molar-refractivity contribution is 0.447. The van der Waals surface area contributed by atoms with Gasteiger partial charge in [-0.25, -0.2) is 4.79 Å². The Balaban J connectivity index is 1.90. The van der Waals surface area contributed by atoms with Crippen LogP contribution in [0, 0.1) is 0 Å². The molecule has 0 aliphatic carbocycles. The molecule has 0 radical (unpaired) electrons. The van der Waals surface area contributed by atoms with Crippen molar-refractivity contribution >= 4 is 17.8 Å². The van der Waals surface area contributed by atoms with Crippen LogP contribution >= 0.6 is 0 Å². The number of H-pyrrole nitrogens is 2. The number of nitrogens with zero attached hydrogens (tertiary/aromatic N) is 1. The van der Waals surface area contributed by atoms with Gasteiger partial charge in [-0.3, -0.25) is 14.8 Å². The average molecular weight is 391 g/mol. The molecule has 0 atom stereocenters. The fraction of sp³-hybridized carbons (Fsp3) is 0.174. The second-order valence-corrected chi connectivity index (χ2v) is 6.04. The van der Waals surface area contributed by atoms with E-state index in [1.807, 2.05) is 35.4 Å². The summed E-state index contributed by atoms with van der Waals surface area (Å²) in [5.41, 5.74) is 3.61. The Hall–Kier alpha value is -3.76. The molecule has 0 aliphatic rings. The van der Waals surface area contributed by atoms with Gasteiger partial charge in [-0.05, 0) is 43.7 Å². The maximum absolute atomic E-state index is 11.5. The molecule has 1 aromatic heterocycles. The molecule has 29 heavy (non-hydrogen) atoms. The second kappa shape index (κ2) is 11.2. The fourth-order valence-electron chi connectivity index (χ4n) is 2.60. The molecule has 0 saturated carbocycles. The van der Waals surface area contributed by atoms with Gasteiger partial charge in [0, 0.05) is 18.8 Å². The predicted octanol–water partition coefficient (Wildman–Crippen LogP) is 3.61. The van der Waals surface area contributed by atoms with Crippen molar-refractivity contribution in [2.75, 3.05) is 18.0 Å². The molecule has 0 aliphatic heterocycles. The van der Waals surface area contributed by atoms with Crippen LogP contribution in [0.5, 0.6) is 5.88 Å². The van der Waals surface area contributed by atoms with Crippen LogP contribution in [0.4, 0.5) is 5.69 Å². The van der Waals surface area contributed by atoms with Crippen LogP contribution in [0.3, 0.4) is 0 Å². The quantitative estimate of drug-likeness (QED) is 0.474. The van der Waals surface area contributed by atoms with E-state index in [0.717, 1.165) is 18.7 Å². The minimum atomic E-state index is -0.758. The number of aromatic nitrogens is 2. The maximum Gasteiger partial charge on any atom is 0.328 e. The Labute approximate surface area is 169 Å². The summed E-state index contributed by atoms with van der Waals surface area (Å²) in [6.07, 6.45) is 14.2. The zero-order chi connectivity index (χ0) is 21.1. The summed E-state index contributed by atoms with van der Waals surface area (Å²) in [5.74, 6) is -0.487. The molecule has 0 fully saturated rings. The number of allylic oxidation sites excluding steroid dienone is 6. The molecule has 0 amide bonds. The third-order valence-electron chi connectivity index (χ3n) is 4.13. The van der Waals surface area contributed by atoms with Crippen LogP contribution in [-0.2, 0) is 0 Å². The summed E-state index contributed by atoms with van der Waals surface area (Å²) in [6, 6.07) is 8.43. The van der Waals surface area contributed by atoms with Crippen molar-refractivity contribution in [3.63, 3.8) is 0 Å². The summed E-state index contributed by atoms with van der Waals surface area (Å²) in [4.78, 5) is 29.0. The molecule has 0 saturated heterocycles. The van der Waals surface area contributed by atoms with Crippen molar-refractivity contribution in [1.29, 1.82) is 0 Å². The largest absolute Gasteiger partial charge is 0.494 e. The van der Waals surface area contributed by atoms with E-state index in [2.05, 4.69) is 53.7 Å². The standard InChI is InChI=1S/C23H25N3O3/c1-3-26(4-2)19-16-14-18(15-17-19)12-10-8-6-5-7-9-11-13-20-21(27)24-23(29)25-22(20)28/h5-10,12-17H,3-4H2,1-2H3,(H3,24,25,27,28,29)/b7-5+,8-6+,12-10+. The molecule has 1 heterocycles. The molecule has 0 unspecified atom stereocenters. The normalized spacial score (nSPS) is 11.2. The van der Waals surface area contributed by atoms with Crippen molar-refractivity contribution < 1.29 is 5.11 Å². The van der Waals surface area contributed by atoms with Crippen molar-refractivity contribution in [3.8, 4) is 5.88 Å². The molecule has 1 aromatic carbocycles. The summed E-state index contributed by atoms with van der Waals surface area (Å²) in [5, 5.41) is 9.53. The van der Waals surface area contributed by atoms with Gasteiger partial charge in [0.1, 0.15) is 5.56 Å². The third kappa shape index (κ3) is 6.72. The SMILES string of the molecule is CCN(CC)c1ccc(/C=C/C=C/C=C/C=C=Cc2c(O)[nH]c(=O)[nH]c2=O)cc1. The molecule has 6 nitrogen and oxygen atoms in total. The first-order chi connectivity index (χ1) is 14.0. The van der Waals surface area contributed by atoms with Crippen molar-refractivity contribution in [2.24, 2.45) is 0 Å². The van der Waals surface area contributed by atoms with Crippen LogP contribution in [0.1, 0.15) is 25.0 Å². The highest BCUT2D eigenvalue weighted by Gasteiger charge is 2.03. The van der Waals surface area contributed by atoms with E-state index in [0.29, 0.717) is 0 Å². The summed E-state index contributed by atoms with van der Waals surface area (Å²) >= 11 is 0. The van der Waals surface area contributed by atoms with Crippen LogP contribution in [0.2, 0.25) is 0 Å². The highest BCUT2D eigenvalue weighted by molar-refractivity contribution is 5.57. The van der Waals surface area contributed by atoms with Gasteiger partial charge in [0.25, 0.3) is 5.56 Å². The minimum Gasteiger partial charge on any atom is -0.494 e. The molecule has 150 valence electrons. The molecule has 6 heteroatoms. The lowest BCUT2D eigenvalue weighted by Gasteiger charge is -2.20. The maximum atomic E-state index is 11.5. The lowest BCUT2D eigenvalue weighted by Crippen LogP contribution is -2.23. The number of hydrogen-bond donors (Lipinski definition) is 3. The summed E-state index contributed by atoms with van der Waals surface area (Å²) in [7, 11) is 0. The van der Waals surface area contributed by atoms with Gasteiger partial charge in [-0.15, -0.1) is 5.73 Å². The Kier molecular flexibility index (Phi) is 8.29. The number of benzene rings is 1. The fourth-order valence-corrected chi connectivity index (χ4v) is 2.60. The molecule has 2 rings (SSSR count). The second-order valence-electron chi connectivity index (χ2n) is 6.04. The smallest absolute Gasteiger partial charge is 0.328 e. The zero-order valence-corrected chi connectivity index (χ0v) is 16.6. The topological polar surface area (TPSA) is 89.2 Å². The van der Waals surface area contributed by atoms with Crippen LogP contribution in [-0.4, -0.2) is 28.2 Å². The number of anilines is 1. The predicted molar refractivity (Wildman–Crippen MR) is 119 cm³/mol. The highest BCUT2D eigenvalue weighted by atomic mass is 16.3. The minimum absolute atomic E-state index is 0.0558. The van der Waals surface area contributed by atoms with E-state index in [4.69, 9.17) is 0 Å². The van der Waals surface area contributed by atoms with E-state index in [1.54, 1.807) is 12.2 Å². The molecule has 0 spiro atoms. The molecule has 3 N–H and O–H groups in total. The lowest BCUT2D eigenvalue weighted by atomic mass is 10.2. The molecular formula is C23H25N3O3. The van der Waals surface area contributed by atoms with E-state index >= 15 is 0 Å². The third-order valence-corrected chi connectivity index (χ3v) is 4.13. The number of nitrogens with one attached hydrogen (secondary N) is 2. The van der Waals surface area contributed by atoms with Gasteiger partial charge in [0.2, 0.25) is 5.88 Å². The van der Waals surface area contributed by atoms with Gasteiger partial charge >= 0.3 is 5.69 Å². The Bertz CT molecular complexity index is 1060. The molecule has 2 aromatic rings. The van der Waals surface area contributed by atoms with E-state index in [1.165, 1.54) is 11.8 Å². The van der Waals surface area contributed by atoms with Gasteiger partial charge in [-0.2, -0.15) is 0 Å². The van der Waals surface area contributed by atoms with Gasteiger partial charge in [-0.1, -0.05) is 48.6 Å². The first-order valence-corrected chi connectivity index (χ1v) is 9.38. The Morgan fingerprint density at radius 1 is 0.966 bits per heavy atom. The number of hydrogen-bond acceptors (Lipinski definition) is 4. The van der Waals surface area contributed by atoms with Crippen LogP contribution in [0.15, 0.2) is 76.0 Å². The molecular weight excluding hydrogens is 366 g/mol. The average Bonchev–Trinajstić information content (AvgIpc) is 2.70. The van der Waals surface area contributed by atoms with Gasteiger partial charge in [0.05, 0.1) is 0 Å². The number of aromatic hydroxyl groups is 1. The summed E-state index contributed by atoms with van der Waals surface area (Å²) < 4.78 is 0. The highest BCUT2D eigenvalue weighted by Crippen LogP contribution is 2.15. The monoisotopic (exact) mass is 391 g/mol. The number of aromatic amines is 2. The van der Waals surface area contributed by atoms with E-state index < -0.39 is 17.1 Å². The van der Waals surface area contributed by atoms with Gasteiger partial charge in [0.15, 0.2) is 0 Å². The zero-order valence-electron chi connectivity index (χ0n) is 16.6. The van der Waals surface area contributed by atoms with Crippen LogP contribution in [0.25, 0.3) is 12.2 Å². The molecule has 0 bridgehead atoms. The van der Waals surface area contributed by atoms with Crippen molar-refractivity contribution in [3.05, 3.63) is 98.4 Å². The van der Waals surface area contributed by atoms with Crippen LogP contribution < -0.4 is 16.1 Å². The van der Waals surface area contributed by atoms with E-state index in [9.17, 15) is 14.7 Å². The van der Waals surface area contributed by atoms with Gasteiger partial charge < -0.3 is 10.0 Å². The van der Waals surface area contributed by atoms with E-state index in [-0.39, 0.29) is 5.56 Å². The summed E-state index contributed by atoms with van der Waals surface area (Å²) in [6.45, 7) is 6.28. The van der Waals surface area contributed by atoms with Crippen molar-refractivity contribution in [2.45, 2.75) is 13.8 Å².